The van der Waals surface area contributed by atoms with Crippen molar-refractivity contribution in [1.29, 1.82) is 0 Å². The molecule has 5 heteroatoms. The van der Waals surface area contributed by atoms with Gasteiger partial charge in [0.1, 0.15) is 4.88 Å². The van der Waals surface area contributed by atoms with E-state index in [9.17, 15) is 4.79 Å². The number of carboxylic acid groups (broad SMARTS) is 1. The minimum absolute atomic E-state index is 0.312. The Kier molecular flexibility index (Phi) is 4.04. The van der Waals surface area contributed by atoms with Crippen LogP contribution in [0.5, 0.6) is 0 Å². The van der Waals surface area contributed by atoms with Crippen LogP contribution < -0.4 is 5.32 Å². The maximum atomic E-state index is 10.8. The van der Waals surface area contributed by atoms with Gasteiger partial charge in [-0.15, -0.1) is 11.3 Å². The summed E-state index contributed by atoms with van der Waals surface area (Å²) in [6.07, 6.45) is 3.80. The minimum Gasteiger partial charge on any atom is -0.477 e. The summed E-state index contributed by atoms with van der Waals surface area (Å²) in [6.45, 7) is 1.73. The van der Waals surface area contributed by atoms with Crippen LogP contribution in [0, 0.1) is 0 Å². The number of likely N-dealkylation sites (N-methyl/N-ethyl adjacent to an activating group) is 1. The highest BCUT2D eigenvalue weighted by Gasteiger charge is 2.38. The third-order valence-electron chi connectivity index (χ3n) is 3.86. The van der Waals surface area contributed by atoms with Crippen molar-refractivity contribution in [1.82, 2.24) is 10.2 Å². The van der Waals surface area contributed by atoms with E-state index in [0.717, 1.165) is 18.0 Å². The Hall–Kier alpha value is -0.910. The summed E-state index contributed by atoms with van der Waals surface area (Å²) in [5, 5.41) is 12.3. The van der Waals surface area contributed by atoms with E-state index in [-0.39, 0.29) is 0 Å². The monoisotopic (exact) mass is 268 g/mol. The summed E-state index contributed by atoms with van der Waals surface area (Å²) in [4.78, 5) is 14.6. The fourth-order valence-corrected chi connectivity index (χ4v) is 3.19. The smallest absolute Gasteiger partial charge is 0.345 e. The van der Waals surface area contributed by atoms with Gasteiger partial charge in [-0.3, -0.25) is 0 Å². The lowest BCUT2D eigenvalue weighted by Gasteiger charge is -2.47. The second-order valence-corrected chi connectivity index (χ2v) is 6.32. The van der Waals surface area contributed by atoms with E-state index >= 15 is 0 Å². The van der Waals surface area contributed by atoms with Crippen LogP contribution in [0.1, 0.15) is 33.8 Å². The molecular weight excluding hydrogens is 248 g/mol. The Morgan fingerprint density at radius 2 is 2.22 bits per heavy atom. The second-order valence-electron chi connectivity index (χ2n) is 5.15. The van der Waals surface area contributed by atoms with Crippen LogP contribution in [0.15, 0.2) is 12.1 Å². The topological polar surface area (TPSA) is 52.6 Å². The Morgan fingerprint density at radius 1 is 1.50 bits per heavy atom. The van der Waals surface area contributed by atoms with Gasteiger partial charge in [-0.2, -0.15) is 0 Å². The molecule has 1 heterocycles. The van der Waals surface area contributed by atoms with Gasteiger partial charge in [-0.1, -0.05) is 0 Å². The third-order valence-corrected chi connectivity index (χ3v) is 4.93. The van der Waals surface area contributed by atoms with E-state index in [0.29, 0.717) is 10.4 Å². The SMILES string of the molecule is CN(C)C1(CNCc2ccc(C(=O)O)s2)CCC1. The molecule has 1 fully saturated rings. The quantitative estimate of drug-likeness (QED) is 0.829. The number of hydrogen-bond donors (Lipinski definition) is 2. The highest BCUT2D eigenvalue weighted by molar-refractivity contribution is 7.13. The first-order valence-electron chi connectivity index (χ1n) is 6.24. The molecule has 0 aromatic carbocycles. The summed E-state index contributed by atoms with van der Waals surface area (Å²) in [5.41, 5.74) is 0.312. The lowest BCUT2D eigenvalue weighted by molar-refractivity contribution is 0.0599. The Balaban J connectivity index is 1.82. The lowest BCUT2D eigenvalue weighted by atomic mass is 9.75. The van der Waals surface area contributed by atoms with Crippen LogP contribution in [0.3, 0.4) is 0 Å². The van der Waals surface area contributed by atoms with Crippen molar-refractivity contribution < 1.29 is 9.90 Å². The summed E-state index contributed by atoms with van der Waals surface area (Å²) in [6, 6.07) is 3.57. The van der Waals surface area contributed by atoms with E-state index in [1.54, 1.807) is 6.07 Å². The molecule has 0 amide bonds. The minimum atomic E-state index is -0.838. The van der Waals surface area contributed by atoms with Crippen LogP contribution in [0.2, 0.25) is 0 Å². The van der Waals surface area contributed by atoms with E-state index in [1.165, 1.54) is 30.6 Å². The standard InChI is InChI=1S/C13H20N2O2S/c1-15(2)13(6-3-7-13)9-14-8-10-4-5-11(18-10)12(16)17/h4-5,14H,3,6-9H2,1-2H3,(H,16,17). The predicted molar refractivity (Wildman–Crippen MR) is 73.3 cm³/mol. The first-order chi connectivity index (χ1) is 8.53. The normalized spacial score (nSPS) is 17.7. The molecule has 0 atom stereocenters. The van der Waals surface area contributed by atoms with Crippen molar-refractivity contribution in [2.45, 2.75) is 31.3 Å². The van der Waals surface area contributed by atoms with Gasteiger partial charge in [0.15, 0.2) is 0 Å². The Bertz CT molecular complexity index is 424. The van der Waals surface area contributed by atoms with Crippen LogP contribution in [-0.4, -0.2) is 42.2 Å². The number of carboxylic acids is 1. The number of hydrogen-bond acceptors (Lipinski definition) is 4. The predicted octanol–water partition coefficient (Wildman–Crippen LogP) is 2.02. The average molecular weight is 268 g/mol. The van der Waals surface area contributed by atoms with Gasteiger partial charge in [0.25, 0.3) is 0 Å². The molecule has 4 nitrogen and oxygen atoms in total. The number of nitrogens with zero attached hydrogens (tertiary/aromatic N) is 1. The van der Waals surface area contributed by atoms with E-state index in [4.69, 9.17) is 5.11 Å². The summed E-state index contributed by atoms with van der Waals surface area (Å²) in [7, 11) is 4.27. The summed E-state index contributed by atoms with van der Waals surface area (Å²) < 4.78 is 0. The molecule has 100 valence electrons. The molecule has 2 N–H and O–H groups in total. The van der Waals surface area contributed by atoms with Gasteiger partial charge >= 0.3 is 5.97 Å². The maximum Gasteiger partial charge on any atom is 0.345 e. The number of aromatic carboxylic acids is 1. The largest absolute Gasteiger partial charge is 0.477 e. The summed E-state index contributed by atoms with van der Waals surface area (Å²) >= 11 is 1.35. The van der Waals surface area contributed by atoms with Crippen molar-refractivity contribution in [3.8, 4) is 0 Å². The number of carbonyl (C=O) groups is 1. The van der Waals surface area contributed by atoms with Crippen molar-refractivity contribution >= 4 is 17.3 Å². The van der Waals surface area contributed by atoms with Crippen LogP contribution in [0.25, 0.3) is 0 Å². The van der Waals surface area contributed by atoms with Crippen molar-refractivity contribution in [3.63, 3.8) is 0 Å². The molecule has 0 aliphatic heterocycles. The fraction of sp³-hybridized carbons (Fsp3) is 0.615. The van der Waals surface area contributed by atoms with Gasteiger partial charge in [0, 0.05) is 23.5 Å². The zero-order valence-corrected chi connectivity index (χ0v) is 11.7. The molecule has 0 spiro atoms. The molecule has 1 saturated carbocycles. The van der Waals surface area contributed by atoms with E-state index < -0.39 is 5.97 Å². The molecule has 0 bridgehead atoms. The third kappa shape index (κ3) is 2.74. The molecule has 1 aliphatic rings. The summed E-state index contributed by atoms with van der Waals surface area (Å²) in [5.74, 6) is -0.838. The molecule has 2 rings (SSSR count). The second kappa shape index (κ2) is 5.38. The van der Waals surface area contributed by atoms with Crippen LogP contribution >= 0.6 is 11.3 Å². The van der Waals surface area contributed by atoms with Gasteiger partial charge in [-0.05, 0) is 45.5 Å². The van der Waals surface area contributed by atoms with Gasteiger partial charge in [-0.25, -0.2) is 4.79 Å². The first-order valence-corrected chi connectivity index (χ1v) is 7.05. The van der Waals surface area contributed by atoms with E-state index in [2.05, 4.69) is 24.3 Å². The zero-order valence-electron chi connectivity index (χ0n) is 10.9. The molecule has 18 heavy (non-hydrogen) atoms. The van der Waals surface area contributed by atoms with Crippen LogP contribution in [0.4, 0.5) is 0 Å². The maximum absolute atomic E-state index is 10.8. The average Bonchev–Trinajstić information content (AvgIpc) is 2.70. The van der Waals surface area contributed by atoms with Crippen molar-refractivity contribution in [2.75, 3.05) is 20.6 Å². The first kappa shape index (κ1) is 13.5. The Labute approximate surface area is 112 Å². The van der Waals surface area contributed by atoms with Gasteiger partial charge in [0.05, 0.1) is 0 Å². The molecule has 1 aromatic heterocycles. The van der Waals surface area contributed by atoms with Crippen LogP contribution in [-0.2, 0) is 6.54 Å². The number of rotatable bonds is 6. The molecule has 0 radical (unpaired) electrons. The van der Waals surface area contributed by atoms with Gasteiger partial charge in [0.2, 0.25) is 0 Å². The number of thiophene rings is 1. The Morgan fingerprint density at radius 3 is 2.67 bits per heavy atom. The lowest BCUT2D eigenvalue weighted by Crippen LogP contribution is -2.56. The highest BCUT2D eigenvalue weighted by Crippen LogP contribution is 2.35. The number of nitrogens with one attached hydrogen (secondary N) is 1. The molecule has 0 saturated heterocycles. The molecular formula is C13H20N2O2S. The molecule has 0 unspecified atom stereocenters. The zero-order chi connectivity index (χ0) is 13.2. The van der Waals surface area contributed by atoms with Crippen molar-refractivity contribution in [3.05, 3.63) is 21.9 Å². The molecule has 1 aliphatic carbocycles. The van der Waals surface area contributed by atoms with Gasteiger partial charge < -0.3 is 15.3 Å². The van der Waals surface area contributed by atoms with E-state index in [1.807, 2.05) is 6.07 Å². The molecule has 1 aromatic rings. The highest BCUT2D eigenvalue weighted by atomic mass is 32.1. The van der Waals surface area contributed by atoms with Crippen molar-refractivity contribution in [2.24, 2.45) is 0 Å². The fourth-order valence-electron chi connectivity index (χ4n) is 2.37.